The molecule has 122 valence electrons. The van der Waals surface area contributed by atoms with Crippen molar-refractivity contribution < 1.29 is 9.59 Å². The predicted molar refractivity (Wildman–Crippen MR) is 89.9 cm³/mol. The summed E-state index contributed by atoms with van der Waals surface area (Å²) >= 11 is 0. The molecule has 0 unspecified atom stereocenters. The van der Waals surface area contributed by atoms with Crippen LogP contribution in [0.5, 0.6) is 0 Å². The number of fused-ring (bicyclic) bond motifs is 1. The smallest absolute Gasteiger partial charge is 0.245 e. The van der Waals surface area contributed by atoms with Crippen molar-refractivity contribution in [2.45, 2.75) is 38.8 Å². The Morgan fingerprint density at radius 1 is 1.22 bits per heavy atom. The van der Waals surface area contributed by atoms with E-state index in [0.29, 0.717) is 18.8 Å². The van der Waals surface area contributed by atoms with Gasteiger partial charge in [0.2, 0.25) is 11.8 Å². The Morgan fingerprint density at radius 2 is 1.96 bits per heavy atom. The minimum absolute atomic E-state index is 0.00291. The summed E-state index contributed by atoms with van der Waals surface area (Å²) in [6.07, 6.45) is 3.12. The third-order valence-corrected chi connectivity index (χ3v) is 4.53. The molecule has 23 heavy (non-hydrogen) atoms. The fourth-order valence-electron chi connectivity index (χ4n) is 3.27. The van der Waals surface area contributed by atoms with Gasteiger partial charge in [0.05, 0.1) is 0 Å². The predicted octanol–water partition coefficient (Wildman–Crippen LogP) is 2.08. The number of nitrogens with zero attached hydrogens (tertiary/aromatic N) is 1. The average molecular weight is 313 g/mol. The largest absolute Gasteiger partial charge is 0.361 e. The van der Waals surface area contributed by atoms with Crippen LogP contribution in [0.4, 0.5) is 0 Å². The number of hydrogen-bond acceptors (Lipinski definition) is 2. The molecule has 1 aromatic heterocycles. The lowest BCUT2D eigenvalue weighted by Gasteiger charge is -2.37. The van der Waals surface area contributed by atoms with E-state index in [2.05, 4.69) is 24.1 Å². The maximum Gasteiger partial charge on any atom is 0.245 e. The number of carbonyl (C=O) groups excluding carboxylic acids is 2. The molecule has 1 saturated heterocycles. The van der Waals surface area contributed by atoms with Crippen molar-refractivity contribution in [1.82, 2.24) is 15.2 Å². The van der Waals surface area contributed by atoms with Crippen LogP contribution < -0.4 is 5.32 Å². The molecule has 1 aliphatic rings. The molecule has 3 rings (SSSR count). The normalized spacial score (nSPS) is 22.0. The van der Waals surface area contributed by atoms with Gasteiger partial charge in [-0.1, -0.05) is 32.0 Å². The second-order valence-electron chi connectivity index (χ2n) is 6.72. The van der Waals surface area contributed by atoms with Gasteiger partial charge in [0.1, 0.15) is 12.1 Å². The van der Waals surface area contributed by atoms with Crippen LogP contribution in [-0.2, 0) is 16.0 Å². The molecule has 1 fully saturated rings. The maximum absolute atomic E-state index is 12.5. The van der Waals surface area contributed by atoms with Gasteiger partial charge in [-0.05, 0) is 24.0 Å². The molecule has 0 spiro atoms. The topological polar surface area (TPSA) is 65.2 Å². The molecular weight excluding hydrogens is 290 g/mol. The van der Waals surface area contributed by atoms with Gasteiger partial charge < -0.3 is 15.2 Å². The number of para-hydroxylation sites is 1. The fourth-order valence-corrected chi connectivity index (χ4v) is 3.27. The monoisotopic (exact) mass is 313 g/mol. The van der Waals surface area contributed by atoms with Crippen LogP contribution in [0.1, 0.15) is 25.8 Å². The van der Waals surface area contributed by atoms with E-state index in [1.165, 1.54) is 0 Å². The molecule has 1 aromatic carbocycles. The van der Waals surface area contributed by atoms with E-state index in [1.807, 2.05) is 30.5 Å². The Labute approximate surface area is 136 Å². The summed E-state index contributed by atoms with van der Waals surface area (Å²) in [5.41, 5.74) is 2.10. The highest BCUT2D eigenvalue weighted by Crippen LogP contribution is 2.22. The molecule has 5 nitrogen and oxygen atoms in total. The summed E-state index contributed by atoms with van der Waals surface area (Å²) in [6.45, 7) is 4.11. The molecule has 2 N–H and O–H groups in total. The Bertz CT molecular complexity index is 735. The highest BCUT2D eigenvalue weighted by Gasteiger charge is 2.38. The zero-order chi connectivity index (χ0) is 16.6. The first-order valence-corrected chi connectivity index (χ1v) is 8.09. The zero-order valence-electron chi connectivity index (χ0n) is 13.8. The molecule has 2 atom stereocenters. The number of nitrogens with one attached hydrogen (secondary N) is 2. The minimum atomic E-state index is -0.454. The van der Waals surface area contributed by atoms with Gasteiger partial charge in [-0.15, -0.1) is 0 Å². The van der Waals surface area contributed by atoms with Gasteiger partial charge in [-0.2, -0.15) is 0 Å². The van der Waals surface area contributed by atoms with Crippen LogP contribution in [0.2, 0.25) is 0 Å². The highest BCUT2D eigenvalue weighted by molar-refractivity contribution is 5.97. The summed E-state index contributed by atoms with van der Waals surface area (Å²) in [5.74, 6) is 0.300. The van der Waals surface area contributed by atoms with E-state index in [4.69, 9.17) is 0 Å². The van der Waals surface area contributed by atoms with Crippen molar-refractivity contribution in [3.63, 3.8) is 0 Å². The van der Waals surface area contributed by atoms with Crippen molar-refractivity contribution in [3.8, 4) is 0 Å². The van der Waals surface area contributed by atoms with E-state index in [0.717, 1.165) is 16.5 Å². The van der Waals surface area contributed by atoms with Crippen LogP contribution in [0.15, 0.2) is 30.5 Å². The first-order valence-electron chi connectivity index (χ1n) is 8.09. The molecule has 0 saturated carbocycles. The molecule has 0 bridgehead atoms. The second-order valence-corrected chi connectivity index (χ2v) is 6.72. The lowest BCUT2D eigenvalue weighted by molar-refractivity contribution is -0.148. The first-order chi connectivity index (χ1) is 11.0. The molecule has 2 heterocycles. The van der Waals surface area contributed by atoms with E-state index < -0.39 is 12.1 Å². The fraction of sp³-hybridized carbons (Fsp3) is 0.444. The summed E-state index contributed by atoms with van der Waals surface area (Å²) in [7, 11) is 1.73. The molecule has 0 radical (unpaired) electrons. The number of amides is 2. The zero-order valence-corrected chi connectivity index (χ0v) is 13.8. The lowest BCUT2D eigenvalue weighted by atomic mass is 9.96. The number of aromatic amines is 1. The van der Waals surface area contributed by atoms with Crippen LogP contribution in [0.3, 0.4) is 0 Å². The lowest BCUT2D eigenvalue weighted by Crippen LogP contribution is -2.62. The SMILES string of the molecule is CC(C)C[C@@H]1NC(=O)[C@H](Cc2c[nH]c3ccccc23)N(C)C1=O. The maximum atomic E-state index is 12.5. The van der Waals surface area contributed by atoms with Crippen LogP contribution in [-0.4, -0.2) is 40.8 Å². The molecule has 2 aromatic rings. The molecule has 1 aliphatic heterocycles. The van der Waals surface area contributed by atoms with Crippen molar-refractivity contribution in [1.29, 1.82) is 0 Å². The number of aromatic nitrogens is 1. The van der Waals surface area contributed by atoms with Gasteiger partial charge in [0.25, 0.3) is 0 Å². The van der Waals surface area contributed by atoms with E-state index in [9.17, 15) is 9.59 Å². The number of piperazine rings is 1. The van der Waals surface area contributed by atoms with E-state index in [1.54, 1.807) is 11.9 Å². The van der Waals surface area contributed by atoms with E-state index in [-0.39, 0.29) is 11.8 Å². The standard InChI is InChI=1S/C18H23N3O2/c1-11(2)8-15-18(23)21(3)16(17(22)20-15)9-12-10-19-14-7-5-4-6-13(12)14/h4-7,10-11,15-16,19H,8-9H2,1-3H3,(H,20,22)/t15-,16-/m0/s1. The van der Waals surface area contributed by atoms with Gasteiger partial charge in [-0.25, -0.2) is 0 Å². The number of hydrogen-bond donors (Lipinski definition) is 2. The summed E-state index contributed by atoms with van der Waals surface area (Å²) < 4.78 is 0. The number of H-pyrrole nitrogens is 1. The molecule has 0 aliphatic carbocycles. The quantitative estimate of drug-likeness (QED) is 0.907. The number of carbonyl (C=O) groups is 2. The molecular formula is C18H23N3O2. The van der Waals surface area contributed by atoms with Crippen molar-refractivity contribution in [2.75, 3.05) is 7.05 Å². The third kappa shape index (κ3) is 2.96. The van der Waals surface area contributed by atoms with Gasteiger partial charge in [0.15, 0.2) is 0 Å². The number of rotatable bonds is 4. The number of benzene rings is 1. The Balaban J connectivity index is 1.81. The van der Waals surface area contributed by atoms with Gasteiger partial charge in [-0.3, -0.25) is 9.59 Å². The van der Waals surface area contributed by atoms with Crippen molar-refractivity contribution in [2.24, 2.45) is 5.92 Å². The summed E-state index contributed by atoms with van der Waals surface area (Å²) in [5, 5.41) is 4.00. The van der Waals surface area contributed by atoms with Crippen LogP contribution in [0.25, 0.3) is 10.9 Å². The third-order valence-electron chi connectivity index (χ3n) is 4.53. The van der Waals surface area contributed by atoms with Crippen molar-refractivity contribution in [3.05, 3.63) is 36.0 Å². The van der Waals surface area contributed by atoms with Crippen LogP contribution in [0, 0.1) is 5.92 Å². The second kappa shape index (κ2) is 6.07. The molecule has 2 amide bonds. The Morgan fingerprint density at radius 3 is 2.70 bits per heavy atom. The summed E-state index contributed by atoms with van der Waals surface area (Å²) in [6, 6.07) is 7.14. The van der Waals surface area contributed by atoms with E-state index >= 15 is 0 Å². The van der Waals surface area contributed by atoms with Crippen molar-refractivity contribution >= 4 is 22.7 Å². The summed E-state index contributed by atoms with van der Waals surface area (Å²) in [4.78, 5) is 29.8. The van der Waals surface area contributed by atoms with Crippen LogP contribution >= 0.6 is 0 Å². The Hall–Kier alpha value is -2.30. The number of likely N-dealkylation sites (N-methyl/N-ethyl adjacent to an activating group) is 1. The molecule has 5 heteroatoms. The Kier molecular flexibility index (Phi) is 4.11. The highest BCUT2D eigenvalue weighted by atomic mass is 16.2. The van der Waals surface area contributed by atoms with Gasteiger partial charge in [0, 0.05) is 30.6 Å². The van der Waals surface area contributed by atoms with Gasteiger partial charge >= 0.3 is 0 Å². The average Bonchev–Trinajstić information content (AvgIpc) is 2.92. The first kappa shape index (κ1) is 15.6. The minimum Gasteiger partial charge on any atom is -0.361 e.